The summed E-state index contributed by atoms with van der Waals surface area (Å²) in [7, 11) is 0. The molecule has 15 heavy (non-hydrogen) atoms. The summed E-state index contributed by atoms with van der Waals surface area (Å²) in [4.78, 5) is 0. The number of aryl methyl sites for hydroxylation is 1. The van der Waals surface area contributed by atoms with Crippen molar-refractivity contribution in [2.75, 3.05) is 0 Å². The van der Waals surface area contributed by atoms with Crippen LogP contribution in [-0.4, -0.2) is 0 Å². The monoisotopic (exact) mass is 223 g/mol. The van der Waals surface area contributed by atoms with Crippen LogP contribution in [-0.2, 0) is 6.54 Å². The Morgan fingerprint density at radius 3 is 2.80 bits per heavy atom. The number of benzene rings is 1. The van der Waals surface area contributed by atoms with Gasteiger partial charge in [0.05, 0.1) is 0 Å². The van der Waals surface area contributed by atoms with Crippen molar-refractivity contribution in [3.8, 4) is 0 Å². The molecular formula is C13H18ClN. The Bertz CT molecular complexity index is 356. The molecule has 1 aromatic carbocycles. The van der Waals surface area contributed by atoms with Crippen molar-refractivity contribution in [3.63, 3.8) is 0 Å². The Morgan fingerprint density at radius 2 is 2.20 bits per heavy atom. The highest BCUT2D eigenvalue weighted by molar-refractivity contribution is 6.48. The van der Waals surface area contributed by atoms with Crippen LogP contribution in [0, 0.1) is 6.92 Å². The lowest BCUT2D eigenvalue weighted by Crippen LogP contribution is -1.97. The topological polar surface area (TPSA) is 26.0 Å². The summed E-state index contributed by atoms with van der Waals surface area (Å²) in [6.07, 6.45) is 4.21. The maximum atomic E-state index is 6.24. The van der Waals surface area contributed by atoms with E-state index in [2.05, 4.69) is 32.1 Å². The first-order chi connectivity index (χ1) is 7.19. The quantitative estimate of drug-likeness (QED) is 0.825. The second kappa shape index (κ2) is 5.94. The largest absolute Gasteiger partial charge is 0.326 e. The molecule has 2 N–H and O–H groups in total. The third-order valence-corrected chi connectivity index (χ3v) is 2.77. The second-order valence-corrected chi connectivity index (χ2v) is 4.10. The first-order valence-electron chi connectivity index (χ1n) is 5.34. The molecule has 0 atom stereocenters. The van der Waals surface area contributed by atoms with Gasteiger partial charge in [0.1, 0.15) is 0 Å². The van der Waals surface area contributed by atoms with Crippen LogP contribution >= 0.6 is 11.6 Å². The Balaban J connectivity index is 3.01. The zero-order valence-electron chi connectivity index (χ0n) is 9.39. The van der Waals surface area contributed by atoms with E-state index in [-0.39, 0.29) is 0 Å². The fraction of sp³-hybridized carbons (Fsp3) is 0.385. The zero-order valence-corrected chi connectivity index (χ0v) is 10.1. The van der Waals surface area contributed by atoms with Gasteiger partial charge in [-0.25, -0.2) is 0 Å². The molecule has 0 fully saturated rings. The number of unbranched alkanes of at least 4 members (excludes halogenated alkanes) is 1. The predicted octanol–water partition coefficient (Wildman–Crippen LogP) is 3.83. The maximum Gasteiger partial charge on any atom is 0.0441 e. The van der Waals surface area contributed by atoms with E-state index in [1.807, 2.05) is 6.07 Å². The highest BCUT2D eigenvalue weighted by Gasteiger charge is 2.03. The Hall–Kier alpha value is -0.790. The van der Waals surface area contributed by atoms with Crippen molar-refractivity contribution in [1.82, 2.24) is 0 Å². The number of hydrogen-bond acceptors (Lipinski definition) is 1. The Morgan fingerprint density at radius 1 is 1.47 bits per heavy atom. The van der Waals surface area contributed by atoms with Gasteiger partial charge in [0.25, 0.3) is 0 Å². The summed E-state index contributed by atoms with van der Waals surface area (Å²) in [6.45, 7) is 4.77. The van der Waals surface area contributed by atoms with Crippen LogP contribution in [0.5, 0.6) is 0 Å². The second-order valence-electron chi connectivity index (χ2n) is 3.69. The molecule has 0 saturated heterocycles. The molecule has 0 aliphatic heterocycles. The minimum atomic E-state index is 0.561. The van der Waals surface area contributed by atoms with Crippen molar-refractivity contribution >= 4 is 16.6 Å². The lowest BCUT2D eigenvalue weighted by molar-refractivity contribution is 0.961. The van der Waals surface area contributed by atoms with Gasteiger partial charge >= 0.3 is 0 Å². The molecule has 2 heteroatoms. The summed E-state index contributed by atoms with van der Waals surface area (Å²) >= 11 is 6.24. The van der Waals surface area contributed by atoms with Crippen LogP contribution in [0.2, 0.25) is 0 Å². The minimum Gasteiger partial charge on any atom is -0.326 e. The highest BCUT2D eigenvalue weighted by atomic mass is 35.5. The summed E-state index contributed by atoms with van der Waals surface area (Å²) in [5.41, 5.74) is 9.03. The molecule has 82 valence electrons. The highest BCUT2D eigenvalue weighted by Crippen LogP contribution is 2.24. The fourth-order valence-corrected chi connectivity index (χ4v) is 1.75. The molecular weight excluding hydrogens is 206 g/mol. The van der Waals surface area contributed by atoms with Crippen LogP contribution in [0.4, 0.5) is 0 Å². The van der Waals surface area contributed by atoms with Crippen LogP contribution in [0.3, 0.4) is 0 Å². The molecule has 0 aliphatic rings. The van der Waals surface area contributed by atoms with Gasteiger partial charge < -0.3 is 5.73 Å². The van der Waals surface area contributed by atoms with Crippen LogP contribution < -0.4 is 5.73 Å². The molecule has 0 bridgehead atoms. The van der Waals surface area contributed by atoms with E-state index in [0.717, 1.165) is 29.0 Å². The molecule has 0 amide bonds. The molecule has 1 rings (SSSR count). The van der Waals surface area contributed by atoms with Gasteiger partial charge in [-0.1, -0.05) is 43.2 Å². The van der Waals surface area contributed by atoms with Crippen LogP contribution in [0.15, 0.2) is 24.3 Å². The number of hydrogen-bond donors (Lipinski definition) is 1. The standard InChI is InChI=1S/C13H18ClN/c1-3-4-5-13(14)12-8-11(9-15)7-6-10(12)2/h5-8H,3-4,9,15H2,1-2H3. The molecule has 0 aliphatic carbocycles. The van der Waals surface area contributed by atoms with E-state index >= 15 is 0 Å². The van der Waals surface area contributed by atoms with Crippen molar-refractivity contribution < 1.29 is 0 Å². The number of halogens is 1. The number of rotatable bonds is 4. The van der Waals surface area contributed by atoms with E-state index in [9.17, 15) is 0 Å². The Labute approximate surface area is 96.9 Å². The van der Waals surface area contributed by atoms with Gasteiger partial charge in [-0.2, -0.15) is 0 Å². The van der Waals surface area contributed by atoms with Gasteiger partial charge in [0.15, 0.2) is 0 Å². The molecule has 1 nitrogen and oxygen atoms in total. The third-order valence-electron chi connectivity index (χ3n) is 2.41. The predicted molar refractivity (Wildman–Crippen MR) is 67.8 cm³/mol. The van der Waals surface area contributed by atoms with E-state index < -0.39 is 0 Å². The molecule has 0 aromatic heterocycles. The summed E-state index contributed by atoms with van der Waals surface area (Å²) < 4.78 is 0. The van der Waals surface area contributed by atoms with Crippen molar-refractivity contribution in [3.05, 3.63) is 41.0 Å². The molecule has 0 radical (unpaired) electrons. The van der Waals surface area contributed by atoms with Gasteiger partial charge in [-0.3, -0.25) is 0 Å². The molecule has 0 unspecified atom stereocenters. The van der Waals surface area contributed by atoms with Gasteiger partial charge in [-0.15, -0.1) is 0 Å². The molecule has 0 spiro atoms. The minimum absolute atomic E-state index is 0.561. The van der Waals surface area contributed by atoms with E-state index in [0.29, 0.717) is 6.54 Å². The lowest BCUT2D eigenvalue weighted by Gasteiger charge is -2.07. The van der Waals surface area contributed by atoms with E-state index in [1.165, 1.54) is 5.56 Å². The maximum absolute atomic E-state index is 6.24. The third kappa shape index (κ3) is 3.37. The van der Waals surface area contributed by atoms with Crippen molar-refractivity contribution in [1.29, 1.82) is 0 Å². The van der Waals surface area contributed by atoms with Crippen molar-refractivity contribution in [2.45, 2.75) is 33.2 Å². The summed E-state index contributed by atoms with van der Waals surface area (Å²) in [6, 6.07) is 6.19. The van der Waals surface area contributed by atoms with Crippen LogP contribution in [0.25, 0.3) is 5.03 Å². The van der Waals surface area contributed by atoms with Crippen molar-refractivity contribution in [2.24, 2.45) is 5.73 Å². The summed E-state index contributed by atoms with van der Waals surface area (Å²) in [5, 5.41) is 0.838. The number of allylic oxidation sites excluding steroid dienone is 1. The summed E-state index contributed by atoms with van der Waals surface area (Å²) in [5.74, 6) is 0. The normalized spacial score (nSPS) is 11.9. The van der Waals surface area contributed by atoms with E-state index in [4.69, 9.17) is 17.3 Å². The Kier molecular flexibility index (Phi) is 4.86. The fourth-order valence-electron chi connectivity index (χ4n) is 1.43. The van der Waals surface area contributed by atoms with Gasteiger partial charge in [0, 0.05) is 11.6 Å². The smallest absolute Gasteiger partial charge is 0.0441 e. The van der Waals surface area contributed by atoms with Gasteiger partial charge in [-0.05, 0) is 36.1 Å². The SMILES string of the molecule is CCCC=C(Cl)c1cc(CN)ccc1C. The zero-order chi connectivity index (χ0) is 11.3. The molecule has 1 aromatic rings. The average Bonchev–Trinajstić information content (AvgIpc) is 2.26. The first-order valence-corrected chi connectivity index (χ1v) is 5.72. The first kappa shape index (κ1) is 12.3. The van der Waals surface area contributed by atoms with E-state index in [1.54, 1.807) is 0 Å². The molecule has 0 heterocycles. The average molecular weight is 224 g/mol. The lowest BCUT2D eigenvalue weighted by atomic mass is 10.0. The molecule has 0 saturated carbocycles. The number of nitrogens with two attached hydrogens (primary N) is 1. The van der Waals surface area contributed by atoms with Gasteiger partial charge in [0.2, 0.25) is 0 Å². The van der Waals surface area contributed by atoms with Crippen LogP contribution in [0.1, 0.15) is 36.5 Å².